The molecule has 0 unspecified atom stereocenters. The van der Waals surface area contributed by atoms with E-state index in [9.17, 15) is 14.4 Å². The lowest BCUT2D eigenvalue weighted by molar-refractivity contribution is -0.156. The normalized spacial score (nSPS) is 9.24. The van der Waals surface area contributed by atoms with E-state index in [1.165, 1.54) is 0 Å². The van der Waals surface area contributed by atoms with E-state index in [2.05, 4.69) is 33.8 Å². The zero-order chi connectivity index (χ0) is 13.3. The van der Waals surface area contributed by atoms with Gasteiger partial charge in [0.25, 0.3) is 0 Å². The van der Waals surface area contributed by atoms with Crippen LogP contribution in [-0.2, 0) is 23.9 Å². The second-order valence-electron chi connectivity index (χ2n) is 2.93. The van der Waals surface area contributed by atoms with Gasteiger partial charge in [-0.2, -0.15) is 0 Å². The Labute approximate surface area is 108 Å². The Balaban J connectivity index is 3.91. The summed E-state index contributed by atoms with van der Waals surface area (Å²) in [6, 6.07) is 0. The Hall–Kier alpha value is -1.43. The Morgan fingerprint density at radius 1 is 1.24 bits per heavy atom. The van der Waals surface area contributed by atoms with Gasteiger partial charge in [0.2, 0.25) is 0 Å². The highest BCUT2D eigenvalue weighted by molar-refractivity contribution is 9.09. The molecule has 0 aliphatic carbocycles. The second kappa shape index (κ2) is 8.69. The topological polar surface area (TPSA) is 69.7 Å². The SMILES string of the molecule is C=CC(=O)OC(=O)CCC(=C)C(=O)OCCBr. The van der Waals surface area contributed by atoms with E-state index in [1.807, 2.05) is 0 Å². The summed E-state index contributed by atoms with van der Waals surface area (Å²) in [5.74, 6) is -2.11. The average Bonchev–Trinajstić information content (AvgIpc) is 2.32. The zero-order valence-electron chi connectivity index (χ0n) is 9.24. The molecule has 94 valence electrons. The van der Waals surface area contributed by atoms with Crippen LogP contribution in [0.4, 0.5) is 0 Å². The van der Waals surface area contributed by atoms with E-state index in [4.69, 9.17) is 4.74 Å². The van der Waals surface area contributed by atoms with Crippen LogP contribution < -0.4 is 0 Å². The van der Waals surface area contributed by atoms with Crippen LogP contribution in [0, 0.1) is 0 Å². The van der Waals surface area contributed by atoms with Crippen molar-refractivity contribution >= 4 is 33.8 Å². The van der Waals surface area contributed by atoms with Gasteiger partial charge in [-0.25, -0.2) is 9.59 Å². The lowest BCUT2D eigenvalue weighted by Crippen LogP contribution is -2.13. The molecule has 0 atom stereocenters. The van der Waals surface area contributed by atoms with E-state index in [1.54, 1.807) is 0 Å². The lowest BCUT2D eigenvalue weighted by Gasteiger charge is -2.05. The monoisotopic (exact) mass is 304 g/mol. The summed E-state index contributed by atoms with van der Waals surface area (Å²) >= 11 is 3.10. The fourth-order valence-electron chi connectivity index (χ4n) is 0.793. The molecule has 0 bridgehead atoms. The lowest BCUT2D eigenvalue weighted by atomic mass is 10.2. The molecule has 0 aliphatic heterocycles. The fourth-order valence-corrected chi connectivity index (χ4v) is 0.955. The first kappa shape index (κ1) is 15.6. The van der Waals surface area contributed by atoms with Crippen LogP contribution in [-0.4, -0.2) is 29.8 Å². The highest BCUT2D eigenvalue weighted by atomic mass is 79.9. The van der Waals surface area contributed by atoms with Gasteiger partial charge in [0.15, 0.2) is 0 Å². The largest absolute Gasteiger partial charge is 0.461 e. The Morgan fingerprint density at radius 2 is 1.88 bits per heavy atom. The standard InChI is InChI=1S/C11H13BrO5/c1-3-9(13)17-10(14)5-4-8(2)11(15)16-7-6-12/h3H,1-2,4-7H2. The van der Waals surface area contributed by atoms with Crippen molar-refractivity contribution in [2.24, 2.45) is 0 Å². The second-order valence-corrected chi connectivity index (χ2v) is 3.72. The summed E-state index contributed by atoms with van der Waals surface area (Å²) in [7, 11) is 0. The van der Waals surface area contributed by atoms with Crippen LogP contribution in [0.15, 0.2) is 24.8 Å². The smallest absolute Gasteiger partial charge is 0.337 e. The molecule has 0 amide bonds. The van der Waals surface area contributed by atoms with E-state index < -0.39 is 17.9 Å². The maximum absolute atomic E-state index is 11.2. The van der Waals surface area contributed by atoms with Crippen molar-refractivity contribution in [2.75, 3.05) is 11.9 Å². The molecular weight excluding hydrogens is 292 g/mol. The van der Waals surface area contributed by atoms with Gasteiger partial charge in [-0.3, -0.25) is 4.79 Å². The quantitative estimate of drug-likeness (QED) is 0.309. The van der Waals surface area contributed by atoms with Crippen LogP contribution in [0.2, 0.25) is 0 Å². The Bertz CT molecular complexity index is 335. The van der Waals surface area contributed by atoms with E-state index in [-0.39, 0.29) is 25.0 Å². The van der Waals surface area contributed by atoms with Crippen molar-refractivity contribution in [3.05, 3.63) is 24.8 Å². The number of ether oxygens (including phenoxy) is 2. The van der Waals surface area contributed by atoms with Crippen molar-refractivity contribution in [2.45, 2.75) is 12.8 Å². The molecule has 0 aliphatic rings. The van der Waals surface area contributed by atoms with Gasteiger partial charge in [-0.1, -0.05) is 29.1 Å². The molecular formula is C11H13BrO5. The highest BCUT2D eigenvalue weighted by Gasteiger charge is 2.12. The van der Waals surface area contributed by atoms with E-state index >= 15 is 0 Å². The number of alkyl halides is 1. The first-order valence-electron chi connectivity index (χ1n) is 4.79. The predicted octanol–water partition coefficient (Wildman–Crippen LogP) is 1.52. The summed E-state index contributed by atoms with van der Waals surface area (Å²) in [5, 5.41) is 0.530. The van der Waals surface area contributed by atoms with Crippen LogP contribution >= 0.6 is 15.9 Å². The maximum Gasteiger partial charge on any atom is 0.337 e. The number of halogens is 1. The molecule has 0 rings (SSSR count). The van der Waals surface area contributed by atoms with Crippen molar-refractivity contribution < 1.29 is 23.9 Å². The summed E-state index contributed by atoms with van der Waals surface area (Å²) < 4.78 is 9.08. The van der Waals surface area contributed by atoms with Gasteiger partial charge < -0.3 is 9.47 Å². The average molecular weight is 305 g/mol. The summed E-state index contributed by atoms with van der Waals surface area (Å²) in [4.78, 5) is 32.9. The first-order chi connectivity index (χ1) is 8.01. The molecule has 17 heavy (non-hydrogen) atoms. The van der Waals surface area contributed by atoms with Gasteiger partial charge in [0.05, 0.1) is 6.42 Å². The molecule has 0 heterocycles. The molecule has 0 saturated heterocycles. The fraction of sp³-hybridized carbons (Fsp3) is 0.364. The van der Waals surface area contributed by atoms with Gasteiger partial charge in [-0.15, -0.1) is 0 Å². The molecule has 0 spiro atoms. The highest BCUT2D eigenvalue weighted by Crippen LogP contribution is 2.06. The summed E-state index contributed by atoms with van der Waals surface area (Å²) in [6.45, 7) is 6.86. The summed E-state index contributed by atoms with van der Waals surface area (Å²) in [6.07, 6.45) is 0.864. The third-order valence-electron chi connectivity index (χ3n) is 1.61. The van der Waals surface area contributed by atoms with Gasteiger partial charge in [0.1, 0.15) is 6.61 Å². The van der Waals surface area contributed by atoms with Crippen molar-refractivity contribution in [1.29, 1.82) is 0 Å². The number of carbonyl (C=O) groups is 3. The predicted molar refractivity (Wildman–Crippen MR) is 64.4 cm³/mol. The van der Waals surface area contributed by atoms with Gasteiger partial charge in [-0.05, 0) is 6.42 Å². The van der Waals surface area contributed by atoms with Crippen molar-refractivity contribution in [3.63, 3.8) is 0 Å². The zero-order valence-corrected chi connectivity index (χ0v) is 10.8. The number of esters is 3. The Morgan fingerprint density at radius 3 is 2.41 bits per heavy atom. The van der Waals surface area contributed by atoms with Crippen LogP contribution in [0.5, 0.6) is 0 Å². The number of carbonyl (C=O) groups excluding carboxylic acids is 3. The number of hydrogen-bond donors (Lipinski definition) is 0. The molecule has 0 fully saturated rings. The molecule has 0 aromatic heterocycles. The van der Waals surface area contributed by atoms with Crippen molar-refractivity contribution in [1.82, 2.24) is 0 Å². The molecule has 0 saturated carbocycles. The van der Waals surface area contributed by atoms with E-state index in [0.29, 0.717) is 5.33 Å². The molecule has 5 nitrogen and oxygen atoms in total. The van der Waals surface area contributed by atoms with E-state index in [0.717, 1.165) is 6.08 Å². The third-order valence-corrected chi connectivity index (χ3v) is 1.93. The van der Waals surface area contributed by atoms with Crippen molar-refractivity contribution in [3.8, 4) is 0 Å². The third kappa shape index (κ3) is 7.46. The minimum absolute atomic E-state index is 0.0877. The number of rotatable bonds is 7. The molecule has 0 aromatic rings. The molecule has 0 radical (unpaired) electrons. The molecule has 0 N–H and O–H groups in total. The van der Waals surface area contributed by atoms with Gasteiger partial charge in [0, 0.05) is 17.0 Å². The van der Waals surface area contributed by atoms with Crippen LogP contribution in [0.3, 0.4) is 0 Å². The molecule has 0 aromatic carbocycles. The van der Waals surface area contributed by atoms with Crippen LogP contribution in [0.1, 0.15) is 12.8 Å². The van der Waals surface area contributed by atoms with Crippen LogP contribution in [0.25, 0.3) is 0 Å². The van der Waals surface area contributed by atoms with Gasteiger partial charge >= 0.3 is 17.9 Å². The Kier molecular flexibility index (Phi) is 7.96. The molecule has 6 heteroatoms. The number of hydrogen-bond acceptors (Lipinski definition) is 5. The first-order valence-corrected chi connectivity index (χ1v) is 5.91. The maximum atomic E-state index is 11.2. The minimum atomic E-state index is -0.817. The minimum Gasteiger partial charge on any atom is -0.461 e. The summed E-state index contributed by atoms with van der Waals surface area (Å²) in [5.41, 5.74) is 0.161.